The van der Waals surface area contributed by atoms with Crippen LogP contribution in [0.4, 0.5) is 0 Å². The number of hydrogen-bond donors (Lipinski definition) is 0. The van der Waals surface area contributed by atoms with E-state index in [1.807, 2.05) is 0 Å². The standard InChI is InChI=1S/C25H25Ge/c1-19(2)25(24-18-17-20-11-9-10-16-23(20)24)26(21-12-5-3-6-13-21)22-14-7-4-8-15-22/h3-18,24-26H,1-2H3. The van der Waals surface area contributed by atoms with Gasteiger partial charge in [0.15, 0.2) is 0 Å². The second kappa shape index (κ2) is 7.67. The molecule has 3 aromatic rings. The molecule has 129 valence electrons. The molecule has 26 heavy (non-hydrogen) atoms. The molecule has 2 unspecified atom stereocenters. The van der Waals surface area contributed by atoms with E-state index in [9.17, 15) is 0 Å². The summed E-state index contributed by atoms with van der Waals surface area (Å²) in [6.45, 7) is 4.67. The van der Waals surface area contributed by atoms with Gasteiger partial charge in [0, 0.05) is 0 Å². The quantitative estimate of drug-likeness (QED) is 0.541. The molecule has 2 atom stereocenters. The van der Waals surface area contributed by atoms with E-state index in [0.29, 0.717) is 10.7 Å². The second-order valence-corrected chi connectivity index (χ2v) is 13.7. The third-order valence-electron chi connectivity index (χ3n) is 5.57. The molecule has 1 aliphatic carbocycles. The molecule has 0 fully saturated rings. The Kier molecular flexibility index (Phi) is 5.12. The van der Waals surface area contributed by atoms with E-state index in [-0.39, 0.29) is 0 Å². The average Bonchev–Trinajstić information content (AvgIpc) is 3.11. The molecule has 0 N–H and O–H groups in total. The fourth-order valence-electron chi connectivity index (χ4n) is 4.42. The Morgan fingerprint density at radius 3 is 1.85 bits per heavy atom. The van der Waals surface area contributed by atoms with Crippen LogP contribution in [-0.2, 0) is 0 Å². The maximum absolute atomic E-state index is 2.45. The molecule has 1 aliphatic rings. The molecule has 0 aliphatic heterocycles. The van der Waals surface area contributed by atoms with Gasteiger partial charge in [-0.3, -0.25) is 0 Å². The third-order valence-corrected chi connectivity index (χ3v) is 14.0. The minimum atomic E-state index is -2.04. The van der Waals surface area contributed by atoms with E-state index in [1.54, 1.807) is 14.7 Å². The molecule has 0 nitrogen and oxygen atoms in total. The van der Waals surface area contributed by atoms with Crippen LogP contribution in [0.25, 0.3) is 6.08 Å². The van der Waals surface area contributed by atoms with Crippen LogP contribution >= 0.6 is 0 Å². The third kappa shape index (κ3) is 3.31. The second-order valence-electron chi connectivity index (χ2n) is 7.42. The van der Waals surface area contributed by atoms with Crippen LogP contribution in [0.1, 0.15) is 30.9 Å². The molecule has 3 aromatic carbocycles. The fourth-order valence-corrected chi connectivity index (χ4v) is 12.6. The molecular weight excluding hydrogens is 373 g/mol. The summed E-state index contributed by atoms with van der Waals surface area (Å²) in [6, 6.07) is 31.4. The van der Waals surface area contributed by atoms with Crippen molar-refractivity contribution in [2.75, 3.05) is 0 Å². The van der Waals surface area contributed by atoms with Gasteiger partial charge < -0.3 is 0 Å². The van der Waals surface area contributed by atoms with E-state index in [4.69, 9.17) is 0 Å². The predicted octanol–water partition coefficient (Wildman–Crippen LogP) is 4.82. The van der Waals surface area contributed by atoms with Crippen molar-refractivity contribution >= 4 is 29.2 Å². The van der Waals surface area contributed by atoms with Crippen molar-refractivity contribution in [3.63, 3.8) is 0 Å². The van der Waals surface area contributed by atoms with E-state index in [1.165, 1.54) is 11.1 Å². The van der Waals surface area contributed by atoms with Crippen LogP contribution in [0, 0.1) is 5.92 Å². The maximum atomic E-state index is 2.45. The summed E-state index contributed by atoms with van der Waals surface area (Å²) >= 11 is -2.04. The van der Waals surface area contributed by atoms with Gasteiger partial charge in [-0.2, -0.15) is 0 Å². The van der Waals surface area contributed by atoms with Gasteiger partial charge in [0.1, 0.15) is 0 Å². The summed E-state index contributed by atoms with van der Waals surface area (Å²) in [7, 11) is 0. The molecule has 1 heteroatoms. The van der Waals surface area contributed by atoms with E-state index >= 15 is 0 Å². The normalized spacial score (nSPS) is 16.8. The first-order chi connectivity index (χ1) is 12.8. The van der Waals surface area contributed by atoms with Gasteiger partial charge in [0.25, 0.3) is 0 Å². The molecule has 0 heterocycles. The van der Waals surface area contributed by atoms with Crippen molar-refractivity contribution in [2.45, 2.75) is 24.5 Å². The Bertz CT molecular complexity index is 841. The number of fused-ring (bicyclic) bond motifs is 1. The van der Waals surface area contributed by atoms with Crippen LogP contribution in [0.2, 0.25) is 4.75 Å². The molecular formula is C25H25Ge. The Morgan fingerprint density at radius 2 is 1.27 bits per heavy atom. The molecule has 0 bridgehead atoms. The van der Waals surface area contributed by atoms with Gasteiger partial charge in [-0.05, 0) is 0 Å². The van der Waals surface area contributed by atoms with Crippen molar-refractivity contribution < 1.29 is 0 Å². The van der Waals surface area contributed by atoms with E-state index in [0.717, 1.165) is 0 Å². The molecule has 4 rings (SSSR count). The molecule has 0 saturated heterocycles. The molecule has 0 aromatic heterocycles. The van der Waals surface area contributed by atoms with Gasteiger partial charge >= 0.3 is 162 Å². The van der Waals surface area contributed by atoms with Gasteiger partial charge in [-0.15, -0.1) is 0 Å². The summed E-state index contributed by atoms with van der Waals surface area (Å²) in [5.41, 5.74) is 2.90. The zero-order chi connectivity index (χ0) is 17.9. The van der Waals surface area contributed by atoms with Gasteiger partial charge in [0.05, 0.1) is 0 Å². The van der Waals surface area contributed by atoms with Gasteiger partial charge in [0.2, 0.25) is 0 Å². The summed E-state index contributed by atoms with van der Waals surface area (Å²) in [5.74, 6) is 2.07. The number of benzene rings is 3. The summed E-state index contributed by atoms with van der Waals surface area (Å²) in [5, 5.41) is 0. The Morgan fingerprint density at radius 1 is 0.731 bits per heavy atom. The Hall–Kier alpha value is -2.06. The zero-order valence-corrected chi connectivity index (χ0v) is 17.9. The fraction of sp³-hybridized carbons (Fsp3) is 0.160. The van der Waals surface area contributed by atoms with Crippen molar-refractivity contribution in [2.24, 2.45) is 0 Å². The van der Waals surface area contributed by atoms with Crippen molar-refractivity contribution in [1.29, 1.82) is 0 Å². The van der Waals surface area contributed by atoms with Crippen molar-refractivity contribution in [3.05, 3.63) is 108 Å². The first kappa shape index (κ1) is 17.4. The molecule has 0 spiro atoms. The minimum absolute atomic E-state index is 0.501. The topological polar surface area (TPSA) is 0 Å². The number of rotatable bonds is 5. The monoisotopic (exact) mass is 399 g/mol. The number of allylic oxidation sites excluding steroid dienone is 1. The van der Waals surface area contributed by atoms with Gasteiger partial charge in [-0.25, -0.2) is 0 Å². The summed E-state index contributed by atoms with van der Waals surface area (Å²) in [6.07, 6.45) is 4.78. The zero-order valence-electron chi connectivity index (χ0n) is 15.5. The summed E-state index contributed by atoms with van der Waals surface area (Å²) < 4.78 is 3.78. The summed E-state index contributed by atoms with van der Waals surface area (Å²) in [4.78, 5) is 0. The molecule has 1 radical (unpaired) electrons. The van der Waals surface area contributed by atoms with Gasteiger partial charge in [-0.1, -0.05) is 0 Å². The first-order valence-electron chi connectivity index (χ1n) is 9.43. The SMILES string of the molecule is C[C](C)[CH](C1C=Cc2ccccc21)[GeH]([c]1ccccc1)[c]1ccccc1. The van der Waals surface area contributed by atoms with Crippen molar-refractivity contribution in [3.8, 4) is 0 Å². The van der Waals surface area contributed by atoms with E-state index < -0.39 is 14.3 Å². The van der Waals surface area contributed by atoms with E-state index in [2.05, 4.69) is 111 Å². The first-order valence-corrected chi connectivity index (χ1v) is 13.2. The number of hydrogen-bond acceptors (Lipinski definition) is 0. The van der Waals surface area contributed by atoms with Crippen molar-refractivity contribution in [1.82, 2.24) is 0 Å². The van der Waals surface area contributed by atoms with Crippen LogP contribution < -0.4 is 8.79 Å². The van der Waals surface area contributed by atoms with Crippen LogP contribution in [0.3, 0.4) is 0 Å². The average molecular weight is 398 g/mol. The molecule has 0 saturated carbocycles. The molecule has 0 amide bonds. The predicted molar refractivity (Wildman–Crippen MR) is 116 cm³/mol. The van der Waals surface area contributed by atoms with Crippen LogP contribution in [0.5, 0.6) is 0 Å². The van der Waals surface area contributed by atoms with Crippen LogP contribution in [-0.4, -0.2) is 14.3 Å². The Labute approximate surface area is 161 Å². The van der Waals surface area contributed by atoms with Crippen LogP contribution in [0.15, 0.2) is 91.0 Å². The Balaban J connectivity index is 1.84.